The lowest BCUT2D eigenvalue weighted by atomic mass is 10.1. The van der Waals surface area contributed by atoms with E-state index in [1.165, 1.54) is 19.2 Å². The zero-order chi connectivity index (χ0) is 12.0. The van der Waals surface area contributed by atoms with Crippen LogP contribution in [0.3, 0.4) is 0 Å². The topological polar surface area (TPSA) is 54.5 Å². The van der Waals surface area contributed by atoms with Gasteiger partial charge in [-0.25, -0.2) is 0 Å². The Morgan fingerprint density at radius 3 is 1.73 bits per heavy atom. The van der Waals surface area contributed by atoms with Gasteiger partial charge in [0.1, 0.15) is 5.78 Å². The van der Waals surface area contributed by atoms with Gasteiger partial charge >= 0.3 is 0 Å². The van der Waals surface area contributed by atoms with Gasteiger partial charge in [0, 0.05) is 25.6 Å². The van der Waals surface area contributed by atoms with E-state index in [2.05, 4.69) is 0 Å². The fraction of sp³-hybridized carbons (Fsp3) is 0.545. The van der Waals surface area contributed by atoms with E-state index < -0.39 is 0 Å². The van der Waals surface area contributed by atoms with E-state index in [1.807, 2.05) is 13.8 Å². The number of nitrogens with zero attached hydrogens (tertiary/aromatic N) is 1. The Morgan fingerprint density at radius 2 is 1.67 bits per heavy atom. The van der Waals surface area contributed by atoms with E-state index in [4.69, 9.17) is 0 Å². The van der Waals surface area contributed by atoms with Gasteiger partial charge in [-0.05, 0) is 12.8 Å². The summed E-state index contributed by atoms with van der Waals surface area (Å²) in [6.45, 7) is 5.71. The van der Waals surface area contributed by atoms with Crippen LogP contribution in [0.25, 0.3) is 0 Å². The van der Waals surface area contributed by atoms with Crippen molar-refractivity contribution in [3.05, 3.63) is 12.2 Å². The smallest absolute Gasteiger partial charge is 0.253 e. The van der Waals surface area contributed by atoms with Gasteiger partial charge in [0.15, 0.2) is 0 Å². The molecule has 0 aromatic rings. The van der Waals surface area contributed by atoms with Crippen molar-refractivity contribution < 1.29 is 14.4 Å². The summed E-state index contributed by atoms with van der Waals surface area (Å²) in [4.78, 5) is 32.1. The fourth-order valence-corrected chi connectivity index (χ4v) is 1.05. The summed E-state index contributed by atoms with van der Waals surface area (Å²) in [7, 11) is 1.45. The van der Waals surface area contributed by atoms with Crippen LogP contribution in [0.15, 0.2) is 12.2 Å². The molecule has 1 heterocycles. The Morgan fingerprint density at radius 1 is 1.27 bits per heavy atom. The molecule has 0 bridgehead atoms. The highest BCUT2D eigenvalue weighted by Gasteiger charge is 2.17. The molecule has 0 aromatic carbocycles. The quantitative estimate of drug-likeness (QED) is 0.644. The number of carbonyl (C=O) groups excluding carboxylic acids is 3. The van der Waals surface area contributed by atoms with Crippen molar-refractivity contribution in [3.8, 4) is 0 Å². The number of ketones is 1. The average Bonchev–Trinajstić information content (AvgIpc) is 2.35. The number of hydrogen-bond donors (Lipinski definition) is 0. The molecule has 84 valence electrons. The van der Waals surface area contributed by atoms with E-state index in [0.717, 1.165) is 11.3 Å². The number of amides is 2. The van der Waals surface area contributed by atoms with Gasteiger partial charge in [-0.2, -0.15) is 0 Å². The highest BCUT2D eigenvalue weighted by atomic mass is 16.2. The summed E-state index contributed by atoms with van der Waals surface area (Å²) >= 11 is 0. The Bertz CT molecular complexity index is 274. The predicted molar refractivity (Wildman–Crippen MR) is 57.1 cm³/mol. The molecular formula is C11H17NO3. The van der Waals surface area contributed by atoms with Crippen molar-refractivity contribution in [2.24, 2.45) is 5.92 Å². The number of rotatable bonds is 2. The van der Waals surface area contributed by atoms with Gasteiger partial charge < -0.3 is 4.79 Å². The number of imide groups is 1. The molecule has 15 heavy (non-hydrogen) atoms. The van der Waals surface area contributed by atoms with Crippen molar-refractivity contribution in [2.75, 3.05) is 7.05 Å². The zero-order valence-corrected chi connectivity index (χ0v) is 9.61. The van der Waals surface area contributed by atoms with Crippen LogP contribution in [0.1, 0.15) is 27.2 Å². The third kappa shape index (κ3) is 5.78. The minimum atomic E-state index is -0.241. The van der Waals surface area contributed by atoms with Crippen LogP contribution >= 0.6 is 0 Å². The van der Waals surface area contributed by atoms with Crippen molar-refractivity contribution in [1.82, 2.24) is 4.90 Å². The minimum Gasteiger partial charge on any atom is -0.300 e. The Kier molecular flexibility index (Phi) is 5.52. The summed E-state index contributed by atoms with van der Waals surface area (Å²) in [5.41, 5.74) is 0. The average molecular weight is 211 g/mol. The summed E-state index contributed by atoms with van der Waals surface area (Å²) in [5, 5.41) is 0. The molecule has 1 aliphatic rings. The largest absolute Gasteiger partial charge is 0.300 e. The van der Waals surface area contributed by atoms with Crippen molar-refractivity contribution >= 4 is 17.6 Å². The molecule has 0 aromatic heterocycles. The Hall–Kier alpha value is -1.45. The second-order valence-corrected chi connectivity index (χ2v) is 3.87. The third-order valence-corrected chi connectivity index (χ3v) is 1.73. The van der Waals surface area contributed by atoms with Crippen molar-refractivity contribution in [1.29, 1.82) is 0 Å². The molecule has 0 unspecified atom stereocenters. The molecule has 0 fully saturated rings. The first kappa shape index (κ1) is 13.5. The van der Waals surface area contributed by atoms with E-state index in [9.17, 15) is 14.4 Å². The van der Waals surface area contributed by atoms with Crippen LogP contribution in [0.5, 0.6) is 0 Å². The molecule has 4 nitrogen and oxygen atoms in total. The van der Waals surface area contributed by atoms with Crippen LogP contribution in [-0.2, 0) is 14.4 Å². The molecule has 0 N–H and O–H groups in total. The Balaban J connectivity index is 0.000000265. The number of likely N-dealkylation sites (N-methyl/N-ethyl adjacent to an activating group) is 1. The number of Topliss-reactive ketones (excluding diaryl/α,β-unsaturated/α-hetero) is 1. The van der Waals surface area contributed by atoms with Crippen molar-refractivity contribution in [2.45, 2.75) is 27.2 Å². The maximum Gasteiger partial charge on any atom is 0.253 e. The number of hydrogen-bond acceptors (Lipinski definition) is 3. The molecule has 0 radical (unpaired) electrons. The molecular weight excluding hydrogens is 194 g/mol. The normalized spacial score (nSPS) is 14.3. The van der Waals surface area contributed by atoms with E-state index in [-0.39, 0.29) is 17.6 Å². The molecule has 1 rings (SSSR count). The maximum absolute atomic E-state index is 10.4. The molecule has 0 atom stereocenters. The molecule has 0 spiro atoms. The highest BCUT2D eigenvalue weighted by Crippen LogP contribution is 1.98. The molecule has 0 saturated heterocycles. The number of carbonyl (C=O) groups is 3. The third-order valence-electron chi connectivity index (χ3n) is 1.73. The SMILES string of the molecule is CC(=O)CC(C)C.CN1C(=O)C=CC1=O. The first-order valence-electron chi connectivity index (χ1n) is 4.83. The van der Waals surface area contributed by atoms with Gasteiger partial charge in [-0.1, -0.05) is 13.8 Å². The van der Waals surface area contributed by atoms with Crippen LogP contribution < -0.4 is 0 Å². The molecule has 0 saturated carbocycles. The maximum atomic E-state index is 10.4. The predicted octanol–water partition coefficient (Wildman–Crippen LogP) is 1.16. The first-order chi connectivity index (χ1) is 6.84. The summed E-state index contributed by atoms with van der Waals surface area (Å²) in [6, 6.07) is 0. The molecule has 4 heteroatoms. The molecule has 2 amide bonds. The second kappa shape index (κ2) is 6.11. The lowest BCUT2D eigenvalue weighted by Gasteiger charge is -2.01. The van der Waals surface area contributed by atoms with Crippen LogP contribution in [0.4, 0.5) is 0 Å². The van der Waals surface area contributed by atoms with Crippen LogP contribution in [0.2, 0.25) is 0 Å². The van der Waals surface area contributed by atoms with Crippen LogP contribution in [-0.4, -0.2) is 29.5 Å². The van der Waals surface area contributed by atoms with E-state index in [1.54, 1.807) is 6.92 Å². The van der Waals surface area contributed by atoms with Gasteiger partial charge in [0.2, 0.25) is 0 Å². The van der Waals surface area contributed by atoms with E-state index in [0.29, 0.717) is 5.92 Å². The molecule has 1 aliphatic heterocycles. The Labute approximate surface area is 89.9 Å². The summed E-state index contributed by atoms with van der Waals surface area (Å²) in [6.07, 6.45) is 3.23. The second-order valence-electron chi connectivity index (χ2n) is 3.87. The van der Waals surface area contributed by atoms with Crippen LogP contribution in [0, 0.1) is 5.92 Å². The zero-order valence-electron chi connectivity index (χ0n) is 9.61. The monoisotopic (exact) mass is 211 g/mol. The fourth-order valence-electron chi connectivity index (χ4n) is 1.05. The minimum absolute atomic E-state index is 0.241. The molecule has 0 aliphatic carbocycles. The van der Waals surface area contributed by atoms with Gasteiger partial charge in [0.25, 0.3) is 11.8 Å². The lowest BCUT2D eigenvalue weighted by molar-refractivity contribution is -0.135. The lowest BCUT2D eigenvalue weighted by Crippen LogP contribution is -2.24. The van der Waals surface area contributed by atoms with Gasteiger partial charge in [-0.3, -0.25) is 14.5 Å². The van der Waals surface area contributed by atoms with E-state index >= 15 is 0 Å². The van der Waals surface area contributed by atoms with Gasteiger partial charge in [0.05, 0.1) is 0 Å². The van der Waals surface area contributed by atoms with Crippen molar-refractivity contribution in [3.63, 3.8) is 0 Å². The highest BCUT2D eigenvalue weighted by molar-refractivity contribution is 6.12. The first-order valence-corrected chi connectivity index (χ1v) is 4.83. The van der Waals surface area contributed by atoms with Gasteiger partial charge in [-0.15, -0.1) is 0 Å². The summed E-state index contributed by atoms with van der Waals surface area (Å²) < 4.78 is 0. The standard InChI is InChI=1S/C6H12O.C5H5NO2/c1-5(2)4-6(3)7;1-6-4(7)2-3-5(6)8/h5H,4H2,1-3H3;2-3H,1H3. The summed E-state index contributed by atoms with van der Waals surface area (Å²) in [5.74, 6) is 0.331.